The summed E-state index contributed by atoms with van der Waals surface area (Å²) in [5, 5.41) is 9.67. The average Bonchev–Trinajstić information content (AvgIpc) is 2.88. The fourth-order valence-corrected chi connectivity index (χ4v) is 4.68. The van der Waals surface area contributed by atoms with Gasteiger partial charge in [-0.15, -0.1) is 0 Å². The Morgan fingerprint density at radius 1 is 1.06 bits per heavy atom. The van der Waals surface area contributed by atoms with Crippen LogP contribution in [0, 0.1) is 5.92 Å². The number of hydrazone groups is 1. The van der Waals surface area contributed by atoms with Gasteiger partial charge in [0.1, 0.15) is 6.61 Å². The molecule has 35 heavy (non-hydrogen) atoms. The van der Waals surface area contributed by atoms with Crippen LogP contribution in [0.2, 0.25) is 0 Å². The SMILES string of the molecule is COCCOC(=O)CC1CCc2ccc(NC(=O)c3ccc(/C=N/N4CCCCC4)cc3)cc2C1. The molecule has 0 aromatic heterocycles. The molecule has 1 saturated heterocycles. The molecule has 1 aliphatic carbocycles. The van der Waals surface area contributed by atoms with Gasteiger partial charge in [-0.1, -0.05) is 18.2 Å². The van der Waals surface area contributed by atoms with E-state index in [0.29, 0.717) is 25.2 Å². The Bertz CT molecular complexity index is 1030. The lowest BCUT2D eigenvalue weighted by Gasteiger charge is -2.24. The number of rotatable bonds is 9. The van der Waals surface area contributed by atoms with Crippen molar-refractivity contribution in [3.8, 4) is 0 Å². The molecular weight excluding hydrogens is 442 g/mol. The van der Waals surface area contributed by atoms with Gasteiger partial charge in [0.25, 0.3) is 5.91 Å². The van der Waals surface area contributed by atoms with Crippen molar-refractivity contribution < 1.29 is 19.1 Å². The summed E-state index contributed by atoms with van der Waals surface area (Å²) >= 11 is 0. The van der Waals surface area contributed by atoms with Gasteiger partial charge in [0.05, 0.1) is 12.8 Å². The molecule has 2 aromatic carbocycles. The Hall–Kier alpha value is -3.19. The van der Waals surface area contributed by atoms with Crippen LogP contribution in [-0.4, -0.2) is 56.5 Å². The van der Waals surface area contributed by atoms with Crippen LogP contribution in [0.1, 0.15) is 59.2 Å². The molecule has 0 saturated carbocycles. The van der Waals surface area contributed by atoms with Crippen molar-refractivity contribution in [3.63, 3.8) is 0 Å². The molecule has 186 valence electrons. The van der Waals surface area contributed by atoms with Crippen molar-refractivity contribution in [1.29, 1.82) is 0 Å². The third-order valence-corrected chi connectivity index (χ3v) is 6.68. The highest BCUT2D eigenvalue weighted by Crippen LogP contribution is 2.30. The van der Waals surface area contributed by atoms with Gasteiger partial charge in [-0.05, 0) is 85.4 Å². The zero-order chi connectivity index (χ0) is 24.5. The van der Waals surface area contributed by atoms with E-state index in [2.05, 4.69) is 21.5 Å². The van der Waals surface area contributed by atoms with E-state index in [1.54, 1.807) is 7.11 Å². The normalized spacial score (nSPS) is 17.7. The Kier molecular flexibility index (Phi) is 8.90. The van der Waals surface area contributed by atoms with E-state index in [-0.39, 0.29) is 17.8 Å². The number of benzene rings is 2. The minimum Gasteiger partial charge on any atom is -0.463 e. The summed E-state index contributed by atoms with van der Waals surface area (Å²) < 4.78 is 10.1. The van der Waals surface area contributed by atoms with Crippen LogP contribution in [0.5, 0.6) is 0 Å². The smallest absolute Gasteiger partial charge is 0.306 e. The van der Waals surface area contributed by atoms with E-state index in [9.17, 15) is 9.59 Å². The van der Waals surface area contributed by atoms with E-state index in [4.69, 9.17) is 9.47 Å². The van der Waals surface area contributed by atoms with Gasteiger partial charge in [0.15, 0.2) is 0 Å². The molecule has 1 unspecified atom stereocenters. The van der Waals surface area contributed by atoms with Crippen molar-refractivity contribution in [2.24, 2.45) is 11.0 Å². The van der Waals surface area contributed by atoms with Gasteiger partial charge >= 0.3 is 5.97 Å². The average molecular weight is 478 g/mol. The molecule has 1 atom stereocenters. The number of nitrogens with one attached hydrogen (secondary N) is 1. The van der Waals surface area contributed by atoms with Crippen LogP contribution in [0.25, 0.3) is 0 Å². The van der Waals surface area contributed by atoms with Crippen LogP contribution in [0.15, 0.2) is 47.6 Å². The van der Waals surface area contributed by atoms with Gasteiger partial charge in [0.2, 0.25) is 0 Å². The summed E-state index contributed by atoms with van der Waals surface area (Å²) in [6.45, 7) is 2.73. The molecule has 0 radical (unpaired) electrons. The molecule has 2 aromatic rings. The van der Waals surface area contributed by atoms with Crippen molar-refractivity contribution in [2.45, 2.75) is 44.9 Å². The number of carbonyl (C=O) groups excluding carboxylic acids is 2. The summed E-state index contributed by atoms with van der Waals surface area (Å²) in [7, 11) is 1.59. The Morgan fingerprint density at radius 2 is 1.86 bits per heavy atom. The summed E-state index contributed by atoms with van der Waals surface area (Å²) in [5.74, 6) is -0.0643. The monoisotopic (exact) mass is 477 g/mol. The third-order valence-electron chi connectivity index (χ3n) is 6.68. The van der Waals surface area contributed by atoms with E-state index < -0.39 is 0 Å². The van der Waals surface area contributed by atoms with Crippen molar-refractivity contribution in [3.05, 3.63) is 64.7 Å². The van der Waals surface area contributed by atoms with Gasteiger partial charge in [-0.2, -0.15) is 5.10 Å². The first kappa shape index (κ1) is 24.9. The van der Waals surface area contributed by atoms with Crippen LogP contribution < -0.4 is 5.32 Å². The number of hydrogen-bond acceptors (Lipinski definition) is 6. The number of fused-ring (bicyclic) bond motifs is 1. The number of anilines is 1. The zero-order valence-electron chi connectivity index (χ0n) is 20.5. The largest absolute Gasteiger partial charge is 0.463 e. The summed E-state index contributed by atoms with van der Waals surface area (Å²) in [4.78, 5) is 24.9. The molecule has 1 aliphatic heterocycles. The van der Waals surface area contributed by atoms with Crippen LogP contribution in [0.4, 0.5) is 5.69 Å². The van der Waals surface area contributed by atoms with E-state index in [1.807, 2.05) is 42.6 Å². The number of ether oxygens (including phenoxy) is 2. The maximum Gasteiger partial charge on any atom is 0.306 e. The first-order chi connectivity index (χ1) is 17.1. The molecule has 1 fully saturated rings. The lowest BCUT2D eigenvalue weighted by molar-refractivity contribution is -0.146. The number of esters is 1. The van der Waals surface area contributed by atoms with Gasteiger partial charge in [0, 0.05) is 37.9 Å². The van der Waals surface area contributed by atoms with E-state index in [1.165, 1.54) is 30.4 Å². The summed E-state index contributed by atoms with van der Waals surface area (Å²) in [6.07, 6.45) is 8.65. The molecule has 1 N–H and O–H groups in total. The fourth-order valence-electron chi connectivity index (χ4n) is 4.68. The van der Waals surface area contributed by atoms with Crippen LogP contribution in [0.3, 0.4) is 0 Å². The van der Waals surface area contributed by atoms with Crippen molar-refractivity contribution in [1.82, 2.24) is 5.01 Å². The number of nitrogens with zero attached hydrogens (tertiary/aromatic N) is 2. The second kappa shape index (κ2) is 12.5. The number of carbonyl (C=O) groups is 2. The molecule has 1 amide bonds. The zero-order valence-corrected chi connectivity index (χ0v) is 20.5. The van der Waals surface area contributed by atoms with Crippen molar-refractivity contribution in [2.75, 3.05) is 38.7 Å². The molecule has 7 heteroatoms. The molecule has 0 spiro atoms. The lowest BCUT2D eigenvalue weighted by Crippen LogP contribution is -2.24. The standard InChI is InChI=1S/C28H35N3O4/c1-34-15-16-35-27(32)18-22-7-8-23-11-12-26(19-25(23)17-22)30-28(33)24-9-5-21(6-10-24)20-29-31-13-3-2-4-14-31/h5-6,9-12,19-20,22H,2-4,7-8,13-18H2,1H3,(H,30,33)/b29-20+. The fraction of sp³-hybridized carbons (Fsp3) is 0.464. The highest BCUT2D eigenvalue weighted by atomic mass is 16.6. The van der Waals surface area contributed by atoms with Gasteiger partial charge in [-0.25, -0.2) is 0 Å². The first-order valence-electron chi connectivity index (χ1n) is 12.6. The highest BCUT2D eigenvalue weighted by Gasteiger charge is 2.22. The Balaban J connectivity index is 1.31. The maximum absolute atomic E-state index is 12.8. The second-order valence-corrected chi connectivity index (χ2v) is 9.34. The molecular formula is C28H35N3O4. The van der Waals surface area contributed by atoms with Crippen molar-refractivity contribution >= 4 is 23.8 Å². The quantitative estimate of drug-likeness (QED) is 0.328. The number of aryl methyl sites for hydroxylation is 1. The number of piperidine rings is 1. The molecule has 4 rings (SSSR count). The van der Waals surface area contributed by atoms with Gasteiger partial charge < -0.3 is 14.8 Å². The molecule has 2 aliphatic rings. The molecule has 1 heterocycles. The van der Waals surface area contributed by atoms with Crippen LogP contribution >= 0.6 is 0 Å². The second-order valence-electron chi connectivity index (χ2n) is 9.34. The predicted octanol–water partition coefficient (Wildman–Crippen LogP) is 4.44. The van der Waals surface area contributed by atoms with E-state index >= 15 is 0 Å². The number of hydrogen-bond donors (Lipinski definition) is 1. The molecule has 7 nitrogen and oxygen atoms in total. The van der Waals surface area contributed by atoms with E-state index in [0.717, 1.165) is 43.6 Å². The van der Waals surface area contributed by atoms with Crippen LogP contribution in [-0.2, 0) is 27.1 Å². The highest BCUT2D eigenvalue weighted by molar-refractivity contribution is 6.04. The summed E-state index contributed by atoms with van der Waals surface area (Å²) in [6, 6.07) is 13.6. The maximum atomic E-state index is 12.8. The minimum absolute atomic E-state index is 0.140. The first-order valence-corrected chi connectivity index (χ1v) is 12.6. The number of methoxy groups -OCH3 is 1. The lowest BCUT2D eigenvalue weighted by atomic mass is 9.82. The summed E-state index contributed by atoms with van der Waals surface area (Å²) in [5.41, 5.74) is 4.83. The Labute approximate surface area is 207 Å². The topological polar surface area (TPSA) is 80.2 Å². The predicted molar refractivity (Wildman–Crippen MR) is 137 cm³/mol. The van der Waals surface area contributed by atoms with Gasteiger partial charge in [-0.3, -0.25) is 14.6 Å². The minimum atomic E-state index is -0.177. The third kappa shape index (κ3) is 7.39. The molecule has 0 bridgehead atoms. The number of amides is 1. The Morgan fingerprint density at radius 3 is 2.63 bits per heavy atom.